The number of nitrogens with zero attached hydrogens (tertiary/aromatic N) is 2. The second-order valence-corrected chi connectivity index (χ2v) is 9.00. The lowest BCUT2D eigenvalue weighted by Gasteiger charge is -2.26. The van der Waals surface area contributed by atoms with Crippen LogP contribution in [0.5, 0.6) is 0 Å². The Morgan fingerprint density at radius 3 is 2.74 bits per heavy atom. The maximum Gasteiger partial charge on any atom is 0.254 e. The van der Waals surface area contributed by atoms with Gasteiger partial charge in [-0.15, -0.1) is 0 Å². The van der Waals surface area contributed by atoms with Crippen molar-refractivity contribution in [3.05, 3.63) is 58.0 Å². The van der Waals surface area contributed by atoms with Crippen LogP contribution in [0.2, 0.25) is 0 Å². The van der Waals surface area contributed by atoms with Gasteiger partial charge in [0.2, 0.25) is 5.91 Å². The molecule has 144 valence electrons. The standard InChI is InChI=1S/C21H27N3O2S/c1-21(2,3)17-12-18(25)24-13-16(14-27-20(24)23-17)19(26)22-11-7-10-15-8-5-4-6-9-15/h4-6,8-9,12,16H,7,10-11,13-14H2,1-3H3,(H,22,26). The molecule has 3 rings (SSSR count). The molecular weight excluding hydrogens is 358 g/mol. The predicted molar refractivity (Wildman–Crippen MR) is 109 cm³/mol. The second-order valence-electron chi connectivity index (χ2n) is 8.01. The zero-order valence-electron chi connectivity index (χ0n) is 16.2. The number of nitrogens with one attached hydrogen (secondary N) is 1. The molecule has 1 N–H and O–H groups in total. The summed E-state index contributed by atoms with van der Waals surface area (Å²) in [4.78, 5) is 29.6. The van der Waals surface area contributed by atoms with Crippen molar-refractivity contribution in [3.63, 3.8) is 0 Å². The number of amides is 1. The van der Waals surface area contributed by atoms with Gasteiger partial charge < -0.3 is 5.32 Å². The van der Waals surface area contributed by atoms with E-state index in [1.807, 2.05) is 39.0 Å². The summed E-state index contributed by atoms with van der Waals surface area (Å²) < 4.78 is 1.64. The SMILES string of the molecule is CC(C)(C)c1cc(=O)n2c(n1)SCC(C(=O)NCCCc1ccccc1)C2. The van der Waals surface area contributed by atoms with E-state index in [0.717, 1.165) is 23.7 Å². The molecule has 0 spiro atoms. The van der Waals surface area contributed by atoms with Crippen molar-refractivity contribution in [1.29, 1.82) is 0 Å². The van der Waals surface area contributed by atoms with Gasteiger partial charge in [-0.2, -0.15) is 0 Å². The molecule has 2 heterocycles. The van der Waals surface area contributed by atoms with E-state index >= 15 is 0 Å². The number of fused-ring (bicyclic) bond motifs is 1. The highest BCUT2D eigenvalue weighted by Gasteiger charge is 2.28. The van der Waals surface area contributed by atoms with E-state index in [1.54, 1.807) is 10.6 Å². The first-order valence-electron chi connectivity index (χ1n) is 9.41. The quantitative estimate of drug-likeness (QED) is 0.635. The first-order chi connectivity index (χ1) is 12.8. The van der Waals surface area contributed by atoms with Crippen molar-refractivity contribution in [2.75, 3.05) is 12.3 Å². The number of carbonyl (C=O) groups is 1. The second kappa shape index (κ2) is 8.30. The van der Waals surface area contributed by atoms with Crippen LogP contribution in [-0.2, 0) is 23.2 Å². The number of hydrogen-bond donors (Lipinski definition) is 1. The molecule has 1 aromatic heterocycles. The minimum Gasteiger partial charge on any atom is -0.356 e. The Hall–Kier alpha value is -2.08. The third kappa shape index (κ3) is 5.01. The Morgan fingerprint density at radius 2 is 2.04 bits per heavy atom. The van der Waals surface area contributed by atoms with Gasteiger partial charge in [0.15, 0.2) is 5.16 Å². The van der Waals surface area contributed by atoms with E-state index in [9.17, 15) is 9.59 Å². The fourth-order valence-corrected chi connectivity index (χ4v) is 4.14. The van der Waals surface area contributed by atoms with E-state index < -0.39 is 0 Å². The van der Waals surface area contributed by atoms with Crippen LogP contribution in [-0.4, -0.2) is 27.8 Å². The van der Waals surface area contributed by atoms with Gasteiger partial charge in [0.05, 0.1) is 11.6 Å². The Bertz CT molecular complexity index is 856. The fraction of sp³-hybridized carbons (Fsp3) is 0.476. The molecule has 1 amide bonds. The average Bonchev–Trinajstić information content (AvgIpc) is 2.65. The summed E-state index contributed by atoms with van der Waals surface area (Å²) in [6.07, 6.45) is 1.85. The van der Waals surface area contributed by atoms with Crippen molar-refractivity contribution >= 4 is 17.7 Å². The van der Waals surface area contributed by atoms with Crippen LogP contribution in [0.3, 0.4) is 0 Å². The molecule has 0 saturated heterocycles. The van der Waals surface area contributed by atoms with Crippen LogP contribution < -0.4 is 10.9 Å². The molecule has 2 aromatic rings. The molecule has 5 nitrogen and oxygen atoms in total. The van der Waals surface area contributed by atoms with E-state index in [0.29, 0.717) is 18.8 Å². The molecule has 1 aliphatic heterocycles. The zero-order valence-corrected chi connectivity index (χ0v) is 17.0. The Balaban J connectivity index is 1.56. The number of hydrogen-bond acceptors (Lipinski definition) is 4. The normalized spacial score (nSPS) is 16.6. The molecule has 1 atom stereocenters. The van der Waals surface area contributed by atoms with Gasteiger partial charge in [0.1, 0.15) is 0 Å². The van der Waals surface area contributed by atoms with Crippen molar-refractivity contribution in [3.8, 4) is 0 Å². The number of thioether (sulfide) groups is 1. The summed E-state index contributed by atoms with van der Waals surface area (Å²) in [5.41, 5.74) is 1.85. The smallest absolute Gasteiger partial charge is 0.254 e. The average molecular weight is 386 g/mol. The number of aryl methyl sites for hydroxylation is 1. The number of carbonyl (C=O) groups excluding carboxylic acids is 1. The summed E-state index contributed by atoms with van der Waals surface area (Å²) in [5.74, 6) is 0.483. The Kier molecular flexibility index (Phi) is 6.05. The molecular formula is C21H27N3O2S. The van der Waals surface area contributed by atoms with Crippen molar-refractivity contribution in [1.82, 2.24) is 14.9 Å². The molecule has 6 heteroatoms. The molecule has 27 heavy (non-hydrogen) atoms. The highest BCUT2D eigenvalue weighted by atomic mass is 32.2. The van der Waals surface area contributed by atoms with Gasteiger partial charge in [-0.3, -0.25) is 14.2 Å². The largest absolute Gasteiger partial charge is 0.356 e. The Morgan fingerprint density at radius 1 is 1.30 bits per heavy atom. The van der Waals surface area contributed by atoms with Crippen LogP contribution in [0.1, 0.15) is 38.4 Å². The molecule has 1 unspecified atom stereocenters. The van der Waals surface area contributed by atoms with Crippen molar-refractivity contribution in [2.24, 2.45) is 5.92 Å². The zero-order chi connectivity index (χ0) is 19.4. The highest BCUT2D eigenvalue weighted by Crippen LogP contribution is 2.27. The lowest BCUT2D eigenvalue weighted by atomic mass is 9.92. The van der Waals surface area contributed by atoms with Crippen LogP contribution >= 0.6 is 11.8 Å². The molecule has 0 bridgehead atoms. The van der Waals surface area contributed by atoms with E-state index in [-0.39, 0.29) is 22.8 Å². The van der Waals surface area contributed by atoms with E-state index in [2.05, 4.69) is 22.4 Å². The molecule has 0 radical (unpaired) electrons. The van der Waals surface area contributed by atoms with Crippen molar-refractivity contribution in [2.45, 2.75) is 50.7 Å². The highest BCUT2D eigenvalue weighted by molar-refractivity contribution is 7.99. The monoisotopic (exact) mass is 385 g/mol. The molecule has 1 aliphatic rings. The van der Waals surface area contributed by atoms with E-state index in [4.69, 9.17) is 0 Å². The van der Waals surface area contributed by atoms with Gasteiger partial charge >= 0.3 is 0 Å². The lowest BCUT2D eigenvalue weighted by Crippen LogP contribution is -2.40. The first kappa shape index (κ1) is 19.7. The maximum atomic E-state index is 12.5. The van der Waals surface area contributed by atoms with Gasteiger partial charge in [-0.25, -0.2) is 4.98 Å². The predicted octanol–water partition coefficient (Wildman–Crippen LogP) is 3.01. The van der Waals surface area contributed by atoms with Gasteiger partial charge in [-0.1, -0.05) is 62.9 Å². The van der Waals surface area contributed by atoms with Crippen LogP contribution in [0.15, 0.2) is 46.3 Å². The maximum absolute atomic E-state index is 12.5. The number of rotatable bonds is 5. The third-order valence-electron chi connectivity index (χ3n) is 4.71. The van der Waals surface area contributed by atoms with Crippen LogP contribution in [0.25, 0.3) is 0 Å². The Labute approximate surface area is 164 Å². The van der Waals surface area contributed by atoms with E-state index in [1.165, 1.54) is 17.3 Å². The molecule has 0 aliphatic carbocycles. The minimum atomic E-state index is -0.195. The summed E-state index contributed by atoms with van der Waals surface area (Å²) >= 11 is 1.50. The summed E-state index contributed by atoms with van der Waals surface area (Å²) in [7, 11) is 0. The summed E-state index contributed by atoms with van der Waals surface area (Å²) in [6, 6.07) is 11.9. The van der Waals surface area contributed by atoms with Crippen molar-refractivity contribution < 1.29 is 4.79 Å². The van der Waals surface area contributed by atoms with Crippen LogP contribution in [0, 0.1) is 5.92 Å². The fourth-order valence-electron chi connectivity index (χ4n) is 3.05. The topological polar surface area (TPSA) is 64.0 Å². The summed E-state index contributed by atoms with van der Waals surface area (Å²) in [6.45, 7) is 7.20. The number of benzene rings is 1. The molecule has 0 fully saturated rings. The van der Waals surface area contributed by atoms with Gasteiger partial charge in [-0.05, 0) is 18.4 Å². The first-order valence-corrected chi connectivity index (χ1v) is 10.4. The number of aromatic nitrogens is 2. The summed E-state index contributed by atoms with van der Waals surface area (Å²) in [5, 5.41) is 3.74. The van der Waals surface area contributed by atoms with Gasteiger partial charge in [0, 0.05) is 30.3 Å². The van der Waals surface area contributed by atoms with Gasteiger partial charge in [0.25, 0.3) is 5.56 Å². The molecule has 0 saturated carbocycles. The van der Waals surface area contributed by atoms with Crippen LogP contribution in [0.4, 0.5) is 0 Å². The minimum absolute atomic E-state index is 0.0213. The third-order valence-corrected chi connectivity index (χ3v) is 5.85. The molecule has 1 aromatic carbocycles. The lowest BCUT2D eigenvalue weighted by molar-refractivity contribution is -0.124.